The molecular formula is C14H20N6O2. The minimum absolute atomic E-state index is 0.254. The van der Waals surface area contributed by atoms with Crippen LogP contribution in [0.1, 0.15) is 12.7 Å². The first-order chi connectivity index (χ1) is 10.8. The summed E-state index contributed by atoms with van der Waals surface area (Å²) in [5, 5.41) is 7.36. The highest BCUT2D eigenvalue weighted by Gasteiger charge is 2.24. The van der Waals surface area contributed by atoms with E-state index < -0.39 is 0 Å². The van der Waals surface area contributed by atoms with Crippen LogP contribution in [0.25, 0.3) is 6.08 Å². The van der Waals surface area contributed by atoms with Crippen LogP contribution in [0, 0.1) is 5.41 Å². The Morgan fingerprint density at radius 3 is 3.18 bits per heavy atom. The van der Waals surface area contributed by atoms with Crippen molar-refractivity contribution < 1.29 is 9.47 Å². The maximum absolute atomic E-state index is 7.36. The highest BCUT2D eigenvalue weighted by Crippen LogP contribution is 2.16. The van der Waals surface area contributed by atoms with Gasteiger partial charge in [-0.05, 0) is 6.92 Å². The van der Waals surface area contributed by atoms with E-state index in [4.69, 9.17) is 20.6 Å². The van der Waals surface area contributed by atoms with Gasteiger partial charge in [-0.25, -0.2) is 9.97 Å². The lowest BCUT2D eigenvalue weighted by Crippen LogP contribution is -2.44. The fourth-order valence-electron chi connectivity index (χ4n) is 2.02. The van der Waals surface area contributed by atoms with Crippen LogP contribution >= 0.6 is 0 Å². The molecule has 1 aliphatic rings. The lowest BCUT2D eigenvalue weighted by Gasteiger charge is -2.33. The van der Waals surface area contributed by atoms with Gasteiger partial charge in [0.25, 0.3) is 0 Å². The Bertz CT molecular complexity index is 560. The highest BCUT2D eigenvalue weighted by molar-refractivity contribution is 5.77. The molecule has 0 spiro atoms. The molecule has 1 fully saturated rings. The third kappa shape index (κ3) is 4.01. The van der Waals surface area contributed by atoms with E-state index in [0.29, 0.717) is 43.6 Å². The maximum atomic E-state index is 7.36. The summed E-state index contributed by atoms with van der Waals surface area (Å²) in [6.07, 6.45) is 7.06. The second-order valence-electron chi connectivity index (χ2n) is 4.52. The van der Waals surface area contributed by atoms with E-state index in [-0.39, 0.29) is 6.10 Å². The van der Waals surface area contributed by atoms with Crippen molar-refractivity contribution >= 4 is 18.2 Å². The van der Waals surface area contributed by atoms with Crippen molar-refractivity contribution in [1.82, 2.24) is 15.0 Å². The van der Waals surface area contributed by atoms with Gasteiger partial charge >= 0.3 is 0 Å². The van der Waals surface area contributed by atoms with E-state index in [1.54, 1.807) is 12.3 Å². The zero-order valence-electron chi connectivity index (χ0n) is 12.5. The molecule has 0 bridgehead atoms. The molecule has 22 heavy (non-hydrogen) atoms. The second-order valence-corrected chi connectivity index (χ2v) is 4.52. The standard InChI is InChI=1S/C14H20N6O2/c1-2-21-5-3-13-17-10-18-14(19-13)20-4-6-22-12(9-20)11(7-15)8-16/h3,5,7-8,10,12,15H,2,4,6,9,16H2,1H3/b5-3+,11-8+,15-7?. The Labute approximate surface area is 129 Å². The normalized spacial score (nSPS) is 19.4. The largest absolute Gasteiger partial charge is 0.501 e. The number of aromatic nitrogens is 3. The molecule has 2 heterocycles. The van der Waals surface area contributed by atoms with Crippen LogP contribution in [0.2, 0.25) is 0 Å². The zero-order chi connectivity index (χ0) is 15.8. The summed E-state index contributed by atoms with van der Waals surface area (Å²) in [4.78, 5) is 14.7. The Morgan fingerprint density at radius 2 is 2.45 bits per heavy atom. The predicted molar refractivity (Wildman–Crippen MR) is 83.5 cm³/mol. The third-order valence-electron chi connectivity index (χ3n) is 3.14. The van der Waals surface area contributed by atoms with E-state index in [0.717, 1.165) is 0 Å². The van der Waals surface area contributed by atoms with Crippen LogP contribution in [-0.2, 0) is 9.47 Å². The molecule has 118 valence electrons. The summed E-state index contributed by atoms with van der Waals surface area (Å²) < 4.78 is 10.8. The number of morpholine rings is 1. The van der Waals surface area contributed by atoms with Gasteiger partial charge in [0.15, 0.2) is 5.82 Å². The number of rotatable bonds is 6. The number of hydrogen-bond acceptors (Lipinski definition) is 8. The Morgan fingerprint density at radius 1 is 1.59 bits per heavy atom. The van der Waals surface area contributed by atoms with Gasteiger partial charge in [0, 0.05) is 30.6 Å². The van der Waals surface area contributed by atoms with Crippen molar-refractivity contribution in [3.63, 3.8) is 0 Å². The molecule has 1 aromatic rings. The van der Waals surface area contributed by atoms with E-state index in [9.17, 15) is 0 Å². The maximum Gasteiger partial charge on any atom is 0.229 e. The minimum atomic E-state index is -0.254. The molecule has 2 rings (SSSR count). The van der Waals surface area contributed by atoms with E-state index in [1.165, 1.54) is 18.7 Å². The molecular weight excluding hydrogens is 284 g/mol. The SMILES string of the molecule is CCO/C=C/c1ncnc(N2CCOC(/C(C=N)=C/N)C2)n1. The Kier molecular flexibility index (Phi) is 5.84. The molecule has 1 atom stereocenters. The van der Waals surface area contributed by atoms with Crippen LogP contribution in [-0.4, -0.2) is 53.6 Å². The van der Waals surface area contributed by atoms with Gasteiger partial charge in [0.1, 0.15) is 12.4 Å². The molecule has 8 heteroatoms. The topological polar surface area (TPSA) is 110 Å². The molecule has 8 nitrogen and oxygen atoms in total. The zero-order valence-corrected chi connectivity index (χ0v) is 12.5. The van der Waals surface area contributed by atoms with Gasteiger partial charge in [-0.15, -0.1) is 0 Å². The number of ether oxygens (including phenoxy) is 2. The molecule has 1 saturated heterocycles. The van der Waals surface area contributed by atoms with E-state index in [2.05, 4.69) is 15.0 Å². The van der Waals surface area contributed by atoms with Gasteiger partial charge in [0.2, 0.25) is 5.95 Å². The molecule has 0 aliphatic carbocycles. The predicted octanol–water partition coefficient (Wildman–Crippen LogP) is 0.576. The van der Waals surface area contributed by atoms with Crippen LogP contribution in [0.5, 0.6) is 0 Å². The summed E-state index contributed by atoms with van der Waals surface area (Å²) >= 11 is 0. The highest BCUT2D eigenvalue weighted by atomic mass is 16.5. The lowest BCUT2D eigenvalue weighted by molar-refractivity contribution is 0.0673. The molecule has 3 N–H and O–H groups in total. The quantitative estimate of drug-likeness (QED) is 0.584. The van der Waals surface area contributed by atoms with Crippen LogP contribution in [0.4, 0.5) is 5.95 Å². The minimum Gasteiger partial charge on any atom is -0.501 e. The first kappa shape index (κ1) is 15.9. The van der Waals surface area contributed by atoms with Gasteiger partial charge in [-0.3, -0.25) is 0 Å². The molecule has 0 saturated carbocycles. The van der Waals surface area contributed by atoms with E-state index in [1.807, 2.05) is 11.8 Å². The average molecular weight is 304 g/mol. The Hall–Kier alpha value is -2.48. The number of nitrogens with zero attached hydrogens (tertiary/aromatic N) is 4. The molecule has 0 radical (unpaired) electrons. The summed E-state index contributed by atoms with van der Waals surface area (Å²) in [5.74, 6) is 1.10. The fraction of sp³-hybridized carbons (Fsp3) is 0.429. The molecule has 0 amide bonds. The van der Waals surface area contributed by atoms with Crippen molar-refractivity contribution in [2.75, 3.05) is 31.2 Å². The van der Waals surface area contributed by atoms with Gasteiger partial charge in [-0.2, -0.15) is 4.98 Å². The monoisotopic (exact) mass is 304 g/mol. The first-order valence-corrected chi connectivity index (χ1v) is 7.04. The first-order valence-electron chi connectivity index (χ1n) is 7.04. The second kappa shape index (κ2) is 8.08. The summed E-state index contributed by atoms with van der Waals surface area (Å²) in [6.45, 7) is 4.23. The third-order valence-corrected chi connectivity index (χ3v) is 3.14. The van der Waals surface area contributed by atoms with Gasteiger partial charge < -0.3 is 25.5 Å². The summed E-state index contributed by atoms with van der Waals surface area (Å²) in [5.41, 5.74) is 6.15. The van der Waals surface area contributed by atoms with Gasteiger partial charge in [0.05, 0.1) is 26.0 Å². The Balaban J connectivity index is 2.10. The van der Waals surface area contributed by atoms with Crippen molar-refractivity contribution in [3.8, 4) is 0 Å². The molecule has 1 unspecified atom stereocenters. The fourth-order valence-corrected chi connectivity index (χ4v) is 2.02. The number of hydrogen-bond donors (Lipinski definition) is 2. The van der Waals surface area contributed by atoms with Crippen molar-refractivity contribution in [2.24, 2.45) is 5.73 Å². The number of anilines is 1. The van der Waals surface area contributed by atoms with Crippen LogP contribution in [0.3, 0.4) is 0 Å². The smallest absolute Gasteiger partial charge is 0.229 e. The van der Waals surface area contributed by atoms with Gasteiger partial charge in [-0.1, -0.05) is 0 Å². The summed E-state index contributed by atoms with van der Waals surface area (Å²) in [7, 11) is 0. The molecule has 1 aromatic heterocycles. The van der Waals surface area contributed by atoms with Crippen molar-refractivity contribution in [1.29, 1.82) is 5.41 Å². The summed E-state index contributed by atoms with van der Waals surface area (Å²) in [6, 6.07) is 0. The van der Waals surface area contributed by atoms with E-state index >= 15 is 0 Å². The molecule has 0 aromatic carbocycles. The van der Waals surface area contributed by atoms with Crippen molar-refractivity contribution in [2.45, 2.75) is 13.0 Å². The number of nitrogens with one attached hydrogen (secondary N) is 1. The van der Waals surface area contributed by atoms with Crippen molar-refractivity contribution in [3.05, 3.63) is 30.2 Å². The lowest BCUT2D eigenvalue weighted by atomic mass is 10.1. The molecule has 1 aliphatic heterocycles. The van der Waals surface area contributed by atoms with Crippen LogP contribution in [0.15, 0.2) is 24.4 Å². The number of nitrogens with two attached hydrogens (primary N) is 1. The van der Waals surface area contributed by atoms with Crippen LogP contribution < -0.4 is 10.6 Å². The average Bonchev–Trinajstić information content (AvgIpc) is 2.57.